The molecular formula is C15H34N2. The lowest BCUT2D eigenvalue weighted by Crippen LogP contribution is -2.28. The maximum Gasteiger partial charge on any atom is 0.00103 e. The van der Waals surface area contributed by atoms with Gasteiger partial charge < -0.3 is 10.2 Å². The van der Waals surface area contributed by atoms with E-state index >= 15 is 0 Å². The van der Waals surface area contributed by atoms with E-state index in [1.54, 1.807) is 0 Å². The van der Waals surface area contributed by atoms with Crippen LogP contribution in [0.15, 0.2) is 0 Å². The van der Waals surface area contributed by atoms with Crippen molar-refractivity contribution in [1.29, 1.82) is 0 Å². The zero-order valence-corrected chi connectivity index (χ0v) is 12.8. The van der Waals surface area contributed by atoms with E-state index in [0.717, 1.165) is 5.92 Å². The smallest absolute Gasteiger partial charge is 0.00103 e. The maximum atomic E-state index is 3.47. The molecule has 0 atom stereocenters. The van der Waals surface area contributed by atoms with Crippen molar-refractivity contribution in [1.82, 2.24) is 10.2 Å². The molecule has 0 aliphatic heterocycles. The van der Waals surface area contributed by atoms with Crippen LogP contribution in [0.1, 0.15) is 60.3 Å². The van der Waals surface area contributed by atoms with Crippen molar-refractivity contribution in [3.05, 3.63) is 0 Å². The SMILES string of the molecule is CCN(CCCCCCNC(C)C)CC(C)C. The molecule has 104 valence electrons. The Morgan fingerprint density at radius 3 is 2.12 bits per heavy atom. The van der Waals surface area contributed by atoms with Crippen molar-refractivity contribution in [2.24, 2.45) is 5.92 Å². The summed E-state index contributed by atoms with van der Waals surface area (Å²) in [7, 11) is 0. The van der Waals surface area contributed by atoms with Crippen LogP contribution in [-0.4, -0.2) is 37.1 Å². The summed E-state index contributed by atoms with van der Waals surface area (Å²) in [4.78, 5) is 2.58. The summed E-state index contributed by atoms with van der Waals surface area (Å²) in [5.74, 6) is 0.796. The first-order valence-electron chi connectivity index (χ1n) is 7.52. The van der Waals surface area contributed by atoms with Crippen LogP contribution in [0.3, 0.4) is 0 Å². The second-order valence-corrected chi connectivity index (χ2v) is 5.81. The van der Waals surface area contributed by atoms with Crippen LogP contribution in [0.25, 0.3) is 0 Å². The van der Waals surface area contributed by atoms with E-state index in [1.807, 2.05) is 0 Å². The van der Waals surface area contributed by atoms with Crippen molar-refractivity contribution < 1.29 is 0 Å². The largest absolute Gasteiger partial charge is 0.315 e. The number of hydrogen-bond acceptors (Lipinski definition) is 2. The molecule has 2 nitrogen and oxygen atoms in total. The quantitative estimate of drug-likeness (QED) is 0.558. The van der Waals surface area contributed by atoms with Crippen LogP contribution >= 0.6 is 0 Å². The summed E-state index contributed by atoms with van der Waals surface area (Å²) in [6.45, 7) is 16.2. The minimum Gasteiger partial charge on any atom is -0.315 e. The fraction of sp³-hybridized carbons (Fsp3) is 1.00. The minimum atomic E-state index is 0.636. The van der Waals surface area contributed by atoms with Gasteiger partial charge in [0.15, 0.2) is 0 Å². The van der Waals surface area contributed by atoms with Crippen LogP contribution in [-0.2, 0) is 0 Å². The van der Waals surface area contributed by atoms with Gasteiger partial charge in [-0.25, -0.2) is 0 Å². The number of rotatable bonds is 11. The number of nitrogens with one attached hydrogen (secondary N) is 1. The first-order chi connectivity index (χ1) is 8.06. The van der Waals surface area contributed by atoms with E-state index in [0.29, 0.717) is 6.04 Å². The van der Waals surface area contributed by atoms with Crippen molar-refractivity contribution in [3.63, 3.8) is 0 Å². The highest BCUT2D eigenvalue weighted by atomic mass is 15.1. The second kappa shape index (κ2) is 11.0. The predicted octanol–water partition coefficient (Wildman–Crippen LogP) is 3.52. The Morgan fingerprint density at radius 2 is 1.59 bits per heavy atom. The van der Waals surface area contributed by atoms with Crippen LogP contribution in [0.2, 0.25) is 0 Å². The number of nitrogens with zero attached hydrogens (tertiary/aromatic N) is 1. The summed E-state index contributed by atoms with van der Waals surface area (Å²) in [6, 6.07) is 0.636. The molecule has 0 aromatic carbocycles. The van der Waals surface area contributed by atoms with Crippen LogP contribution < -0.4 is 5.32 Å². The van der Waals surface area contributed by atoms with Crippen molar-refractivity contribution in [2.75, 3.05) is 26.2 Å². The lowest BCUT2D eigenvalue weighted by atomic mass is 10.1. The van der Waals surface area contributed by atoms with Gasteiger partial charge in [-0.3, -0.25) is 0 Å². The molecule has 0 saturated carbocycles. The van der Waals surface area contributed by atoms with E-state index in [1.165, 1.54) is 51.9 Å². The summed E-state index contributed by atoms with van der Waals surface area (Å²) >= 11 is 0. The summed E-state index contributed by atoms with van der Waals surface area (Å²) in [5, 5.41) is 3.47. The Bertz CT molecular complexity index is 155. The summed E-state index contributed by atoms with van der Waals surface area (Å²) in [6.07, 6.45) is 5.45. The van der Waals surface area contributed by atoms with Gasteiger partial charge in [0.05, 0.1) is 0 Å². The molecule has 0 aliphatic rings. The third-order valence-corrected chi connectivity index (χ3v) is 3.02. The third kappa shape index (κ3) is 12.2. The van der Waals surface area contributed by atoms with E-state index in [-0.39, 0.29) is 0 Å². The van der Waals surface area contributed by atoms with Gasteiger partial charge >= 0.3 is 0 Å². The van der Waals surface area contributed by atoms with E-state index in [2.05, 4.69) is 44.8 Å². The van der Waals surface area contributed by atoms with Gasteiger partial charge in [-0.15, -0.1) is 0 Å². The summed E-state index contributed by atoms with van der Waals surface area (Å²) < 4.78 is 0. The first kappa shape index (κ1) is 16.9. The van der Waals surface area contributed by atoms with Gasteiger partial charge in [0.25, 0.3) is 0 Å². The zero-order valence-electron chi connectivity index (χ0n) is 12.8. The molecule has 0 heterocycles. The van der Waals surface area contributed by atoms with Crippen molar-refractivity contribution in [3.8, 4) is 0 Å². The molecule has 0 saturated heterocycles. The topological polar surface area (TPSA) is 15.3 Å². The number of hydrogen-bond donors (Lipinski definition) is 1. The predicted molar refractivity (Wildman–Crippen MR) is 78.6 cm³/mol. The molecule has 0 rings (SSSR count). The van der Waals surface area contributed by atoms with Crippen LogP contribution in [0.4, 0.5) is 0 Å². The number of unbranched alkanes of at least 4 members (excludes halogenated alkanes) is 3. The van der Waals surface area contributed by atoms with E-state index in [4.69, 9.17) is 0 Å². The molecule has 0 aromatic rings. The Labute approximate surface area is 109 Å². The minimum absolute atomic E-state index is 0.636. The van der Waals surface area contributed by atoms with Gasteiger partial charge in [-0.2, -0.15) is 0 Å². The highest BCUT2D eigenvalue weighted by Gasteiger charge is 2.04. The van der Waals surface area contributed by atoms with Crippen LogP contribution in [0.5, 0.6) is 0 Å². The molecule has 0 fully saturated rings. The molecular weight excluding hydrogens is 208 g/mol. The zero-order chi connectivity index (χ0) is 13.1. The average Bonchev–Trinajstić information content (AvgIpc) is 2.25. The molecule has 0 radical (unpaired) electrons. The fourth-order valence-electron chi connectivity index (χ4n) is 2.10. The molecule has 0 amide bonds. The third-order valence-electron chi connectivity index (χ3n) is 3.02. The normalized spacial score (nSPS) is 12.0. The fourth-order valence-corrected chi connectivity index (χ4v) is 2.10. The first-order valence-corrected chi connectivity index (χ1v) is 7.52. The Kier molecular flexibility index (Phi) is 11.0. The highest BCUT2D eigenvalue weighted by molar-refractivity contribution is 4.59. The van der Waals surface area contributed by atoms with Crippen molar-refractivity contribution >= 4 is 0 Å². The van der Waals surface area contributed by atoms with E-state index in [9.17, 15) is 0 Å². The van der Waals surface area contributed by atoms with Crippen LogP contribution in [0, 0.1) is 5.92 Å². The molecule has 0 spiro atoms. The molecule has 0 unspecified atom stereocenters. The van der Waals surface area contributed by atoms with Crippen molar-refractivity contribution in [2.45, 2.75) is 66.3 Å². The van der Waals surface area contributed by atoms with Gasteiger partial charge in [-0.05, 0) is 38.4 Å². The molecule has 2 heteroatoms. The summed E-state index contributed by atoms with van der Waals surface area (Å²) in [5.41, 5.74) is 0. The Hall–Kier alpha value is -0.0800. The molecule has 0 bridgehead atoms. The molecule has 17 heavy (non-hydrogen) atoms. The van der Waals surface area contributed by atoms with Gasteiger partial charge in [-0.1, -0.05) is 47.5 Å². The Balaban J connectivity index is 3.31. The lowest BCUT2D eigenvalue weighted by Gasteiger charge is -2.22. The standard InChI is InChI=1S/C15H34N2/c1-6-17(13-14(2)3)12-10-8-7-9-11-16-15(4)5/h14-16H,6-13H2,1-5H3. The van der Waals surface area contributed by atoms with Gasteiger partial charge in [0.1, 0.15) is 0 Å². The monoisotopic (exact) mass is 242 g/mol. The maximum absolute atomic E-state index is 3.47. The second-order valence-electron chi connectivity index (χ2n) is 5.81. The lowest BCUT2D eigenvalue weighted by molar-refractivity contribution is 0.250. The molecule has 0 aliphatic carbocycles. The van der Waals surface area contributed by atoms with E-state index < -0.39 is 0 Å². The van der Waals surface area contributed by atoms with Gasteiger partial charge in [0, 0.05) is 12.6 Å². The molecule has 0 aromatic heterocycles. The molecule has 1 N–H and O–H groups in total. The highest BCUT2D eigenvalue weighted by Crippen LogP contribution is 2.04. The average molecular weight is 242 g/mol. The Morgan fingerprint density at radius 1 is 0.941 bits per heavy atom. The van der Waals surface area contributed by atoms with Gasteiger partial charge in [0.2, 0.25) is 0 Å².